The number of aliphatic carboxylic acids is 1. The van der Waals surface area contributed by atoms with Crippen molar-refractivity contribution in [2.45, 2.75) is 83.6 Å². The highest BCUT2D eigenvalue weighted by molar-refractivity contribution is 7.18. The molecule has 4 N–H and O–H groups in total. The zero-order valence-electron chi connectivity index (χ0n) is 30.1. The molecule has 0 radical (unpaired) electrons. The van der Waals surface area contributed by atoms with Gasteiger partial charge in [0.25, 0.3) is 0 Å². The van der Waals surface area contributed by atoms with Crippen LogP contribution in [0.5, 0.6) is 0 Å². The highest BCUT2D eigenvalue weighted by atomic mass is 35.5. The van der Waals surface area contributed by atoms with Gasteiger partial charge in [0.2, 0.25) is 5.91 Å². The number of carbonyl (C=O) groups excluding carboxylic acids is 1. The molecule has 5 aromatic rings. The zero-order chi connectivity index (χ0) is 37.3. The Kier molecular flexibility index (Phi) is 9.13. The average Bonchev–Trinajstić information content (AvgIpc) is 3.74. The Morgan fingerprint density at radius 2 is 1.87 bits per heavy atom. The van der Waals surface area contributed by atoms with Crippen LogP contribution in [-0.2, 0) is 29.1 Å². The fraction of sp³-hybridized carbons (Fsp3) is 0.390. The van der Waals surface area contributed by atoms with E-state index >= 15 is 0 Å². The Morgan fingerprint density at radius 1 is 1.07 bits per heavy atom. The Balaban J connectivity index is 0.942. The molecule has 1 spiro atoms. The second kappa shape index (κ2) is 13.9. The third-order valence-electron chi connectivity index (χ3n) is 12.3. The van der Waals surface area contributed by atoms with Crippen LogP contribution in [0.25, 0.3) is 32.6 Å². The molecule has 3 aromatic heterocycles. The van der Waals surface area contributed by atoms with Crippen LogP contribution in [0.3, 0.4) is 0 Å². The maximum atomic E-state index is 11.8. The third kappa shape index (κ3) is 5.78. The lowest BCUT2D eigenvalue weighted by Gasteiger charge is -2.78. The second-order valence-corrected chi connectivity index (χ2v) is 17.0. The number of aromatic nitrogens is 3. The monoisotopic (exact) mass is 781 g/mol. The average molecular weight is 783 g/mol. The molecule has 5 atom stereocenters. The molecule has 4 fully saturated rings. The van der Waals surface area contributed by atoms with Gasteiger partial charge in [0.15, 0.2) is 5.82 Å². The van der Waals surface area contributed by atoms with Gasteiger partial charge in [-0.05, 0) is 68.4 Å². The molecule has 2 aromatic carbocycles. The van der Waals surface area contributed by atoms with Gasteiger partial charge >= 0.3 is 5.97 Å². The second-order valence-electron chi connectivity index (χ2n) is 15.1. The summed E-state index contributed by atoms with van der Waals surface area (Å²) in [5, 5.41) is 21.8. The quantitative estimate of drug-likeness (QED) is 0.0991. The highest BCUT2D eigenvalue weighted by Gasteiger charge is 2.76. The molecular weight excluding hydrogens is 741 g/mol. The van der Waals surface area contributed by atoms with Crippen molar-refractivity contribution < 1.29 is 14.7 Å². The van der Waals surface area contributed by atoms with Crippen LogP contribution in [0.2, 0.25) is 10.0 Å². The summed E-state index contributed by atoms with van der Waals surface area (Å²) >= 11 is 16.0. The van der Waals surface area contributed by atoms with E-state index in [0.29, 0.717) is 46.6 Å². The minimum absolute atomic E-state index is 0.00550. The van der Waals surface area contributed by atoms with E-state index in [1.807, 2.05) is 42.5 Å². The molecule has 4 unspecified atom stereocenters. The fourth-order valence-electron chi connectivity index (χ4n) is 9.50. The molecule has 4 aliphatic rings. The molecule has 278 valence electrons. The van der Waals surface area contributed by atoms with Crippen molar-refractivity contribution in [2.24, 2.45) is 11.3 Å². The highest BCUT2D eigenvalue weighted by Crippen LogP contribution is 2.71. The number of nitrogens with zero attached hydrogens (tertiary/aromatic N) is 4. The fourth-order valence-corrected chi connectivity index (χ4v) is 11.1. The molecule has 1 amide bonds. The van der Waals surface area contributed by atoms with E-state index in [2.05, 4.69) is 45.7 Å². The van der Waals surface area contributed by atoms with Crippen molar-refractivity contribution in [3.05, 3.63) is 86.6 Å². The van der Waals surface area contributed by atoms with Gasteiger partial charge in [-0.2, -0.15) is 0 Å². The van der Waals surface area contributed by atoms with Crippen molar-refractivity contribution in [3.8, 4) is 22.4 Å². The number of anilines is 2. The smallest absolute Gasteiger partial charge is 0.307 e. The van der Waals surface area contributed by atoms with E-state index in [-0.39, 0.29) is 23.3 Å². The largest absolute Gasteiger partial charge is 0.481 e. The number of rotatable bonds is 12. The molecule has 2 aliphatic heterocycles. The van der Waals surface area contributed by atoms with Crippen molar-refractivity contribution in [1.82, 2.24) is 30.5 Å². The predicted molar refractivity (Wildman–Crippen MR) is 213 cm³/mol. The van der Waals surface area contributed by atoms with Gasteiger partial charge in [0, 0.05) is 71.6 Å². The number of nitrogens with one attached hydrogen (secondary N) is 3. The lowest BCUT2D eigenvalue weighted by molar-refractivity contribution is -0.301. The maximum absolute atomic E-state index is 11.8. The number of thiazole rings is 1. The van der Waals surface area contributed by atoms with Gasteiger partial charge in [0.05, 0.1) is 38.6 Å². The lowest BCUT2D eigenvalue weighted by Crippen LogP contribution is -2.85. The van der Waals surface area contributed by atoms with Gasteiger partial charge in [-0.1, -0.05) is 60.5 Å². The molecule has 54 heavy (non-hydrogen) atoms. The summed E-state index contributed by atoms with van der Waals surface area (Å²) in [7, 11) is 0. The van der Waals surface area contributed by atoms with Gasteiger partial charge in [-0.3, -0.25) is 19.5 Å². The van der Waals surface area contributed by atoms with E-state index in [4.69, 9.17) is 33.2 Å². The molecule has 9 rings (SSSR count). The number of hydrogen-bond donors (Lipinski definition) is 4. The Bertz CT molecular complexity index is 2330. The summed E-state index contributed by atoms with van der Waals surface area (Å²) in [4.78, 5) is 40.6. The van der Waals surface area contributed by atoms with E-state index in [0.717, 1.165) is 94.1 Å². The minimum atomic E-state index is -0.642. The summed E-state index contributed by atoms with van der Waals surface area (Å²) in [5.74, 6) is -0.0899. The van der Waals surface area contributed by atoms with Crippen molar-refractivity contribution in [2.75, 3.05) is 11.9 Å². The summed E-state index contributed by atoms with van der Waals surface area (Å²) in [6, 6.07) is 16.7. The van der Waals surface area contributed by atoms with Crippen molar-refractivity contribution in [1.29, 1.82) is 0 Å². The predicted octanol–water partition coefficient (Wildman–Crippen LogP) is 8.15. The number of carboxylic acids is 1. The van der Waals surface area contributed by atoms with Gasteiger partial charge in [-0.25, -0.2) is 9.97 Å². The van der Waals surface area contributed by atoms with Crippen molar-refractivity contribution >= 4 is 68.1 Å². The number of carbonyl (C=O) groups is 2. The topological polar surface area (TPSA) is 132 Å². The normalized spacial score (nSPS) is 24.3. The Hall–Kier alpha value is -4.13. The molecule has 10 nitrogen and oxygen atoms in total. The number of fused-ring (bicyclic) bond motifs is 1. The van der Waals surface area contributed by atoms with E-state index in [1.54, 1.807) is 17.5 Å². The van der Waals surface area contributed by atoms with Gasteiger partial charge in [0.1, 0.15) is 10.5 Å². The van der Waals surface area contributed by atoms with Crippen LogP contribution in [0.4, 0.5) is 11.5 Å². The SMILES string of the molecule is CCc1nc(-c2cccc(-c3cccc(Nc4nccc5sc(CN6C7CCC78C(C(=O)O)CC68)nc45)c3Cl)c2Cl)cc(C)c1CNC[C@@H]1CCC(=O)N1. The lowest BCUT2D eigenvalue weighted by atomic mass is 9.38. The number of hydrogen-bond acceptors (Lipinski definition) is 9. The summed E-state index contributed by atoms with van der Waals surface area (Å²) in [6.07, 6.45) is 6.83. The Morgan fingerprint density at radius 3 is 2.59 bits per heavy atom. The number of halogens is 2. The van der Waals surface area contributed by atoms with E-state index in [1.165, 1.54) is 5.56 Å². The molecule has 2 saturated heterocycles. The standard InChI is InChI=1S/C41H41Cl2N7O3S/c1-3-28-26(19-44-18-22-10-11-34(51)46-22)21(2)16-30(47-28)25-8-4-6-23(36(25)42)24-7-5-9-29(37(24)43)48-39-38-31(13-15-45-39)54-35(49-38)20-50-32-12-14-41(32)27(40(52)53)17-33(41)50/h4-9,13,15-16,22,27,32-33,44H,3,10-12,14,17-20H2,1-2H3,(H,45,48)(H,46,51)(H,52,53)/t22-,27?,32?,33?,41?/m0/s1. The van der Waals surface area contributed by atoms with Crippen LogP contribution >= 0.6 is 34.5 Å². The summed E-state index contributed by atoms with van der Waals surface area (Å²) in [6.45, 7) is 6.35. The van der Waals surface area contributed by atoms with Crippen LogP contribution in [0, 0.1) is 18.3 Å². The summed E-state index contributed by atoms with van der Waals surface area (Å²) < 4.78 is 1.03. The van der Waals surface area contributed by atoms with Crippen LogP contribution < -0.4 is 16.0 Å². The number of amides is 1. The number of likely N-dealkylation sites (tertiary alicyclic amines) is 1. The zero-order valence-corrected chi connectivity index (χ0v) is 32.4. The Labute approximate surface area is 327 Å². The first-order chi connectivity index (χ1) is 26.2. The van der Waals surface area contributed by atoms with E-state index in [9.17, 15) is 14.7 Å². The first kappa shape index (κ1) is 35.6. The first-order valence-electron chi connectivity index (χ1n) is 18.7. The number of carboxylic acid groups (broad SMARTS) is 1. The van der Waals surface area contributed by atoms with Gasteiger partial charge in [-0.15, -0.1) is 11.3 Å². The molecule has 2 saturated carbocycles. The minimum Gasteiger partial charge on any atom is -0.481 e. The number of benzene rings is 2. The molecule has 5 heterocycles. The van der Waals surface area contributed by atoms with Crippen LogP contribution in [0.1, 0.15) is 60.9 Å². The summed E-state index contributed by atoms with van der Waals surface area (Å²) in [5.41, 5.74) is 8.02. The number of piperidine rings is 2. The molecule has 0 bridgehead atoms. The molecule has 2 aliphatic carbocycles. The third-order valence-corrected chi connectivity index (χ3v) is 14.1. The molecular formula is C41H41Cl2N7O3S. The maximum Gasteiger partial charge on any atom is 0.307 e. The van der Waals surface area contributed by atoms with Crippen LogP contribution in [-0.4, -0.2) is 61.5 Å². The molecule has 13 heteroatoms. The van der Waals surface area contributed by atoms with Crippen LogP contribution in [0.15, 0.2) is 54.7 Å². The van der Waals surface area contributed by atoms with E-state index < -0.39 is 5.97 Å². The van der Waals surface area contributed by atoms with Crippen molar-refractivity contribution in [3.63, 3.8) is 0 Å². The van der Waals surface area contributed by atoms with Gasteiger partial charge < -0.3 is 21.1 Å². The number of aryl methyl sites for hydroxylation is 2. The first-order valence-corrected chi connectivity index (χ1v) is 20.3. The number of pyridine rings is 2.